The number of nitrogens with zero attached hydrogens (tertiary/aromatic N) is 3. The zero-order valence-electron chi connectivity index (χ0n) is 16.9. The molecule has 1 unspecified atom stereocenters. The van der Waals surface area contributed by atoms with Crippen LogP contribution in [0.3, 0.4) is 0 Å². The van der Waals surface area contributed by atoms with E-state index in [1.54, 1.807) is 10.3 Å². The van der Waals surface area contributed by atoms with Gasteiger partial charge in [-0.2, -0.15) is 0 Å². The van der Waals surface area contributed by atoms with Crippen LogP contribution in [0.2, 0.25) is 5.02 Å². The number of nitrogens with one attached hydrogen (secondary N) is 1. The molecule has 0 bridgehead atoms. The van der Waals surface area contributed by atoms with Gasteiger partial charge in [0.2, 0.25) is 5.91 Å². The highest BCUT2D eigenvalue weighted by molar-refractivity contribution is 7.14. The van der Waals surface area contributed by atoms with Crippen LogP contribution in [-0.4, -0.2) is 65.5 Å². The van der Waals surface area contributed by atoms with E-state index >= 15 is 0 Å². The third-order valence-corrected chi connectivity index (χ3v) is 6.53. The number of benzene rings is 1. The molecule has 1 atom stereocenters. The molecule has 30 heavy (non-hydrogen) atoms. The van der Waals surface area contributed by atoms with Crippen LogP contribution in [0.5, 0.6) is 0 Å². The number of aromatic nitrogens is 1. The maximum Gasteiger partial charge on any atom is 0.274 e. The summed E-state index contributed by atoms with van der Waals surface area (Å²) in [4.78, 5) is 34.3. The van der Waals surface area contributed by atoms with E-state index in [-0.39, 0.29) is 11.8 Å². The first-order valence-corrected chi connectivity index (χ1v) is 11.4. The number of ether oxygens (including phenoxy) is 1. The van der Waals surface area contributed by atoms with E-state index in [1.807, 2.05) is 30.0 Å². The number of piperidine rings is 1. The third kappa shape index (κ3) is 4.61. The average molecular weight is 449 g/mol. The Bertz CT molecular complexity index is 929. The molecule has 0 radical (unpaired) electrons. The summed E-state index contributed by atoms with van der Waals surface area (Å²) in [7, 11) is 0. The number of aryl methyl sites for hydroxylation is 1. The lowest BCUT2D eigenvalue weighted by atomic mass is 10.00. The number of hydrogen-bond acceptors (Lipinski definition) is 6. The van der Waals surface area contributed by atoms with Crippen molar-refractivity contribution in [2.24, 2.45) is 0 Å². The number of anilines is 2. The van der Waals surface area contributed by atoms with Gasteiger partial charge in [0.05, 0.1) is 13.2 Å². The molecule has 0 spiro atoms. The van der Waals surface area contributed by atoms with Gasteiger partial charge in [0.15, 0.2) is 5.13 Å². The molecule has 7 nitrogen and oxygen atoms in total. The zero-order chi connectivity index (χ0) is 21.1. The topological polar surface area (TPSA) is 74.8 Å². The molecule has 2 aliphatic heterocycles. The van der Waals surface area contributed by atoms with Gasteiger partial charge in [-0.05, 0) is 43.9 Å². The summed E-state index contributed by atoms with van der Waals surface area (Å²) in [6.45, 7) is 4.83. The van der Waals surface area contributed by atoms with Crippen LogP contribution in [0.1, 0.15) is 35.3 Å². The van der Waals surface area contributed by atoms with E-state index < -0.39 is 6.04 Å². The minimum atomic E-state index is -0.419. The number of carbonyl (C=O) groups excluding carboxylic acids is 2. The summed E-state index contributed by atoms with van der Waals surface area (Å²) in [6, 6.07) is 5.18. The van der Waals surface area contributed by atoms with Crippen LogP contribution < -0.4 is 5.32 Å². The lowest BCUT2D eigenvalue weighted by Crippen LogP contribution is -2.55. The van der Waals surface area contributed by atoms with Crippen molar-refractivity contribution in [1.82, 2.24) is 14.8 Å². The molecular formula is C21H25ClN4O3S. The molecule has 2 amide bonds. The quantitative estimate of drug-likeness (QED) is 0.771. The summed E-state index contributed by atoms with van der Waals surface area (Å²) in [5, 5.41) is 6.24. The number of thiazole rings is 1. The molecule has 0 aliphatic carbocycles. The Morgan fingerprint density at radius 1 is 1.23 bits per heavy atom. The van der Waals surface area contributed by atoms with Gasteiger partial charge in [-0.15, -0.1) is 11.3 Å². The van der Waals surface area contributed by atoms with Crippen molar-refractivity contribution in [2.45, 2.75) is 32.2 Å². The molecule has 3 heterocycles. The Morgan fingerprint density at radius 2 is 2.03 bits per heavy atom. The fraction of sp³-hybridized carbons (Fsp3) is 0.476. The summed E-state index contributed by atoms with van der Waals surface area (Å²) in [5.41, 5.74) is 2.26. The van der Waals surface area contributed by atoms with Crippen molar-refractivity contribution in [3.8, 4) is 0 Å². The molecular weight excluding hydrogens is 424 g/mol. The van der Waals surface area contributed by atoms with Crippen molar-refractivity contribution < 1.29 is 14.3 Å². The van der Waals surface area contributed by atoms with E-state index in [1.165, 1.54) is 11.3 Å². The predicted molar refractivity (Wildman–Crippen MR) is 118 cm³/mol. The second-order valence-corrected chi connectivity index (χ2v) is 8.86. The molecule has 9 heteroatoms. The monoisotopic (exact) mass is 448 g/mol. The van der Waals surface area contributed by atoms with Gasteiger partial charge < -0.3 is 19.9 Å². The number of carbonyl (C=O) groups is 2. The Morgan fingerprint density at radius 3 is 2.83 bits per heavy atom. The number of halogens is 1. The van der Waals surface area contributed by atoms with Gasteiger partial charge in [0.1, 0.15) is 11.7 Å². The maximum atomic E-state index is 13.2. The van der Waals surface area contributed by atoms with Crippen LogP contribution in [0.25, 0.3) is 0 Å². The van der Waals surface area contributed by atoms with Crippen LogP contribution in [-0.2, 0) is 9.53 Å². The number of amides is 2. The van der Waals surface area contributed by atoms with E-state index in [4.69, 9.17) is 16.3 Å². The number of likely N-dealkylation sites (tertiary alicyclic amines) is 1. The maximum absolute atomic E-state index is 13.2. The standard InChI is InChI=1S/C21H25ClN4O3S/c1-14-5-6-15(22)12-16(14)23-21-24-17(13-30-21)19(27)26-7-3-2-4-18(26)20(28)25-8-10-29-11-9-25/h5-6,12-13,18H,2-4,7-11H2,1H3,(H,23,24). The zero-order valence-corrected chi connectivity index (χ0v) is 18.5. The first-order valence-electron chi connectivity index (χ1n) is 10.2. The molecule has 2 aliphatic rings. The average Bonchev–Trinajstić information content (AvgIpc) is 3.24. The molecule has 0 saturated carbocycles. The van der Waals surface area contributed by atoms with E-state index in [2.05, 4.69) is 10.3 Å². The fourth-order valence-electron chi connectivity index (χ4n) is 3.85. The SMILES string of the molecule is Cc1ccc(Cl)cc1Nc1nc(C(=O)N2CCCCC2C(=O)N2CCOCC2)cs1. The molecule has 2 aromatic rings. The highest BCUT2D eigenvalue weighted by Crippen LogP contribution is 2.28. The van der Waals surface area contributed by atoms with E-state index in [0.717, 1.165) is 24.1 Å². The second kappa shape index (κ2) is 9.32. The van der Waals surface area contributed by atoms with Crippen LogP contribution in [0.4, 0.5) is 10.8 Å². The van der Waals surface area contributed by atoms with Crippen molar-refractivity contribution in [3.63, 3.8) is 0 Å². The van der Waals surface area contributed by atoms with Crippen LogP contribution in [0, 0.1) is 6.92 Å². The van der Waals surface area contributed by atoms with Crippen molar-refractivity contribution in [2.75, 3.05) is 38.2 Å². The Hall–Kier alpha value is -2.16. The Kier molecular flexibility index (Phi) is 6.55. The van der Waals surface area contributed by atoms with Crippen LogP contribution in [0.15, 0.2) is 23.6 Å². The summed E-state index contributed by atoms with van der Waals surface area (Å²) in [6.07, 6.45) is 2.54. The van der Waals surface area contributed by atoms with Gasteiger partial charge in [-0.1, -0.05) is 17.7 Å². The summed E-state index contributed by atoms with van der Waals surface area (Å²) < 4.78 is 5.35. The number of hydrogen-bond donors (Lipinski definition) is 1. The molecule has 1 N–H and O–H groups in total. The minimum Gasteiger partial charge on any atom is -0.378 e. The highest BCUT2D eigenvalue weighted by atomic mass is 35.5. The van der Waals surface area contributed by atoms with Gasteiger partial charge in [0.25, 0.3) is 5.91 Å². The van der Waals surface area contributed by atoms with Gasteiger partial charge >= 0.3 is 0 Å². The molecule has 1 aromatic heterocycles. The summed E-state index contributed by atoms with van der Waals surface area (Å²) >= 11 is 7.45. The minimum absolute atomic E-state index is 0.0227. The molecule has 160 valence electrons. The molecule has 2 saturated heterocycles. The molecule has 4 rings (SSSR count). The second-order valence-electron chi connectivity index (χ2n) is 7.57. The van der Waals surface area contributed by atoms with Crippen molar-refractivity contribution in [3.05, 3.63) is 39.9 Å². The first kappa shape index (κ1) is 21.1. The van der Waals surface area contributed by atoms with Gasteiger partial charge in [0, 0.05) is 35.7 Å². The van der Waals surface area contributed by atoms with Crippen molar-refractivity contribution >= 4 is 45.6 Å². The first-order chi connectivity index (χ1) is 14.5. The summed E-state index contributed by atoms with van der Waals surface area (Å²) in [5.74, 6) is -0.164. The lowest BCUT2D eigenvalue weighted by molar-refractivity contribution is -0.141. The molecule has 1 aromatic carbocycles. The van der Waals surface area contributed by atoms with E-state index in [0.29, 0.717) is 55.1 Å². The molecule has 2 fully saturated rings. The van der Waals surface area contributed by atoms with Crippen LogP contribution >= 0.6 is 22.9 Å². The third-order valence-electron chi connectivity index (χ3n) is 5.54. The van der Waals surface area contributed by atoms with E-state index in [9.17, 15) is 9.59 Å². The lowest BCUT2D eigenvalue weighted by Gasteiger charge is -2.38. The number of morpholine rings is 1. The van der Waals surface area contributed by atoms with Gasteiger partial charge in [-0.25, -0.2) is 4.98 Å². The van der Waals surface area contributed by atoms with Gasteiger partial charge in [-0.3, -0.25) is 9.59 Å². The smallest absolute Gasteiger partial charge is 0.274 e. The highest BCUT2D eigenvalue weighted by Gasteiger charge is 2.36. The normalized spacial score (nSPS) is 19.6. The Labute approximate surface area is 185 Å². The fourth-order valence-corrected chi connectivity index (χ4v) is 4.72. The van der Waals surface area contributed by atoms with Crippen molar-refractivity contribution in [1.29, 1.82) is 0 Å². The largest absolute Gasteiger partial charge is 0.378 e. The number of rotatable bonds is 4. The Balaban J connectivity index is 1.48. The predicted octanol–water partition coefficient (Wildman–Crippen LogP) is 3.70.